The van der Waals surface area contributed by atoms with Crippen molar-refractivity contribution in [3.63, 3.8) is 0 Å². The lowest BCUT2D eigenvalue weighted by Crippen LogP contribution is -2.34. The fourth-order valence-electron chi connectivity index (χ4n) is 1.82. The second-order valence-electron chi connectivity index (χ2n) is 4.77. The lowest BCUT2D eigenvalue weighted by molar-refractivity contribution is -0.121. The number of hydrogen-bond acceptors (Lipinski definition) is 4. The van der Waals surface area contributed by atoms with Gasteiger partial charge in [0, 0.05) is 32.5 Å². The summed E-state index contributed by atoms with van der Waals surface area (Å²) in [6, 6.07) is 1.68. The number of carbonyl (C=O) groups is 2. The Hall–Kier alpha value is -1.85. The van der Waals surface area contributed by atoms with Crippen molar-refractivity contribution in [1.29, 1.82) is 0 Å². The first-order valence-electron chi connectivity index (χ1n) is 7.02. The summed E-state index contributed by atoms with van der Waals surface area (Å²) in [7, 11) is 0. The highest BCUT2D eigenvalue weighted by Crippen LogP contribution is 2.14. The number of amides is 2. The minimum absolute atomic E-state index is 0.0485. The van der Waals surface area contributed by atoms with Gasteiger partial charge in [0.05, 0.1) is 0 Å². The predicted molar refractivity (Wildman–Crippen MR) is 76.4 cm³/mol. The Labute approximate surface area is 119 Å². The van der Waals surface area contributed by atoms with Crippen LogP contribution in [0.4, 0.5) is 5.82 Å². The molecule has 6 heteroatoms. The average molecular weight is 281 g/mol. The summed E-state index contributed by atoms with van der Waals surface area (Å²) in [4.78, 5) is 24.7. The van der Waals surface area contributed by atoms with E-state index in [4.69, 9.17) is 4.52 Å². The molecule has 2 amide bonds. The summed E-state index contributed by atoms with van der Waals surface area (Å²) < 4.78 is 4.95. The molecule has 0 atom stereocenters. The third-order valence-corrected chi connectivity index (χ3v) is 2.94. The Bertz CT molecular complexity index is 443. The van der Waals surface area contributed by atoms with Crippen molar-refractivity contribution in [2.45, 2.75) is 46.5 Å². The molecule has 6 nitrogen and oxygen atoms in total. The monoisotopic (exact) mass is 281 g/mol. The van der Waals surface area contributed by atoms with E-state index >= 15 is 0 Å². The van der Waals surface area contributed by atoms with Crippen LogP contribution >= 0.6 is 0 Å². The standard InChI is InChI=1S/C14H23N3O3/c1-4-5-6-8-15-14(19)7-9-17(12(3)18)13-10-11(2)20-16-13/h10H,4-9H2,1-3H3,(H,15,19). The molecule has 1 aromatic heterocycles. The molecule has 0 aliphatic heterocycles. The zero-order valence-electron chi connectivity index (χ0n) is 12.4. The highest BCUT2D eigenvalue weighted by atomic mass is 16.5. The molecule has 1 heterocycles. The number of nitrogens with zero attached hydrogens (tertiary/aromatic N) is 2. The molecule has 0 bridgehead atoms. The fourth-order valence-corrected chi connectivity index (χ4v) is 1.82. The molecule has 20 heavy (non-hydrogen) atoms. The summed E-state index contributed by atoms with van der Waals surface area (Å²) in [5, 5.41) is 6.65. The van der Waals surface area contributed by atoms with Gasteiger partial charge in [-0.3, -0.25) is 14.5 Å². The average Bonchev–Trinajstić information content (AvgIpc) is 2.81. The van der Waals surface area contributed by atoms with Crippen molar-refractivity contribution < 1.29 is 14.1 Å². The van der Waals surface area contributed by atoms with Crippen LogP contribution in [0.5, 0.6) is 0 Å². The van der Waals surface area contributed by atoms with E-state index in [0.29, 0.717) is 24.7 Å². The number of aromatic nitrogens is 1. The number of carbonyl (C=O) groups excluding carboxylic acids is 2. The number of nitrogens with one attached hydrogen (secondary N) is 1. The molecule has 1 N–H and O–H groups in total. The topological polar surface area (TPSA) is 75.4 Å². The van der Waals surface area contributed by atoms with Crippen LogP contribution < -0.4 is 10.2 Å². The third-order valence-electron chi connectivity index (χ3n) is 2.94. The molecule has 0 radical (unpaired) electrons. The zero-order chi connectivity index (χ0) is 15.0. The molecular weight excluding hydrogens is 258 g/mol. The van der Waals surface area contributed by atoms with E-state index in [9.17, 15) is 9.59 Å². The molecule has 0 aromatic carbocycles. The normalized spacial score (nSPS) is 10.3. The summed E-state index contributed by atoms with van der Waals surface area (Å²) >= 11 is 0. The number of unbranched alkanes of at least 4 members (excludes halogenated alkanes) is 2. The molecule has 112 valence electrons. The summed E-state index contributed by atoms with van der Waals surface area (Å²) in [6.07, 6.45) is 3.48. The molecule has 0 spiro atoms. The van der Waals surface area contributed by atoms with E-state index in [1.54, 1.807) is 13.0 Å². The highest BCUT2D eigenvalue weighted by Gasteiger charge is 2.16. The van der Waals surface area contributed by atoms with Gasteiger partial charge in [-0.05, 0) is 13.3 Å². The van der Waals surface area contributed by atoms with E-state index in [1.165, 1.54) is 11.8 Å². The second-order valence-corrected chi connectivity index (χ2v) is 4.77. The Morgan fingerprint density at radius 3 is 2.70 bits per heavy atom. The fraction of sp³-hybridized carbons (Fsp3) is 0.643. The minimum atomic E-state index is -0.155. The number of hydrogen-bond donors (Lipinski definition) is 1. The van der Waals surface area contributed by atoms with E-state index in [2.05, 4.69) is 17.4 Å². The Morgan fingerprint density at radius 1 is 1.40 bits per heavy atom. The van der Waals surface area contributed by atoms with Gasteiger partial charge in [0.15, 0.2) is 5.82 Å². The summed E-state index contributed by atoms with van der Waals surface area (Å²) in [5.41, 5.74) is 0. The molecular formula is C14H23N3O3. The van der Waals surface area contributed by atoms with Crippen LogP contribution in [0.25, 0.3) is 0 Å². The van der Waals surface area contributed by atoms with Crippen molar-refractivity contribution in [2.24, 2.45) is 0 Å². The number of rotatable bonds is 8. The van der Waals surface area contributed by atoms with Gasteiger partial charge >= 0.3 is 0 Å². The van der Waals surface area contributed by atoms with Crippen LogP contribution in [-0.2, 0) is 9.59 Å². The molecule has 0 unspecified atom stereocenters. The van der Waals surface area contributed by atoms with Crippen LogP contribution in [0.15, 0.2) is 10.6 Å². The van der Waals surface area contributed by atoms with Gasteiger partial charge < -0.3 is 9.84 Å². The van der Waals surface area contributed by atoms with Gasteiger partial charge in [0.2, 0.25) is 11.8 Å². The van der Waals surface area contributed by atoms with E-state index in [1.807, 2.05) is 0 Å². The smallest absolute Gasteiger partial charge is 0.225 e. The van der Waals surface area contributed by atoms with Crippen LogP contribution in [0.1, 0.15) is 45.3 Å². The van der Waals surface area contributed by atoms with Gasteiger partial charge in [0.25, 0.3) is 0 Å². The van der Waals surface area contributed by atoms with Gasteiger partial charge in [-0.15, -0.1) is 0 Å². The molecule has 1 aromatic rings. The summed E-state index contributed by atoms with van der Waals surface area (Å²) in [6.45, 7) is 6.32. The Kier molecular flexibility index (Phi) is 6.76. The van der Waals surface area contributed by atoms with Gasteiger partial charge in [0.1, 0.15) is 5.76 Å². The molecule has 0 aliphatic rings. The van der Waals surface area contributed by atoms with Crippen LogP contribution in [0.2, 0.25) is 0 Å². The molecule has 0 saturated heterocycles. The first kappa shape index (κ1) is 16.2. The first-order chi connectivity index (χ1) is 9.54. The van der Waals surface area contributed by atoms with E-state index < -0.39 is 0 Å². The zero-order valence-corrected chi connectivity index (χ0v) is 12.4. The van der Waals surface area contributed by atoms with E-state index in [-0.39, 0.29) is 18.2 Å². The largest absolute Gasteiger partial charge is 0.360 e. The quantitative estimate of drug-likeness (QED) is 0.740. The van der Waals surface area contributed by atoms with Crippen LogP contribution in [0.3, 0.4) is 0 Å². The van der Waals surface area contributed by atoms with E-state index in [0.717, 1.165) is 19.3 Å². The molecule has 0 saturated carbocycles. The Morgan fingerprint density at radius 2 is 2.15 bits per heavy atom. The number of aryl methyl sites for hydroxylation is 1. The van der Waals surface area contributed by atoms with Crippen molar-refractivity contribution in [3.05, 3.63) is 11.8 Å². The third kappa shape index (κ3) is 5.42. The lowest BCUT2D eigenvalue weighted by atomic mass is 10.2. The molecule has 0 aliphatic carbocycles. The highest BCUT2D eigenvalue weighted by molar-refractivity contribution is 5.91. The maximum absolute atomic E-state index is 11.7. The van der Waals surface area contributed by atoms with Gasteiger partial charge in [-0.25, -0.2) is 0 Å². The molecule has 0 fully saturated rings. The maximum Gasteiger partial charge on any atom is 0.225 e. The lowest BCUT2D eigenvalue weighted by Gasteiger charge is -2.17. The van der Waals surface area contributed by atoms with Crippen molar-refractivity contribution >= 4 is 17.6 Å². The van der Waals surface area contributed by atoms with Crippen molar-refractivity contribution in [1.82, 2.24) is 10.5 Å². The molecule has 1 rings (SSSR count). The van der Waals surface area contributed by atoms with Crippen molar-refractivity contribution in [3.8, 4) is 0 Å². The van der Waals surface area contributed by atoms with Gasteiger partial charge in [-0.1, -0.05) is 24.9 Å². The Balaban J connectivity index is 2.40. The predicted octanol–water partition coefficient (Wildman–Crippen LogP) is 2.03. The van der Waals surface area contributed by atoms with Gasteiger partial charge in [-0.2, -0.15) is 0 Å². The minimum Gasteiger partial charge on any atom is -0.360 e. The summed E-state index contributed by atoms with van der Waals surface area (Å²) in [5.74, 6) is 0.883. The SMILES string of the molecule is CCCCCNC(=O)CCN(C(C)=O)c1cc(C)on1. The van der Waals surface area contributed by atoms with Crippen molar-refractivity contribution in [2.75, 3.05) is 18.0 Å². The van der Waals surface area contributed by atoms with Crippen LogP contribution in [-0.4, -0.2) is 30.1 Å². The van der Waals surface area contributed by atoms with Crippen LogP contribution in [0, 0.1) is 6.92 Å². The number of anilines is 1. The maximum atomic E-state index is 11.7. The first-order valence-corrected chi connectivity index (χ1v) is 7.02. The second kappa shape index (κ2) is 8.35.